The Morgan fingerprint density at radius 1 is 0.536 bits per heavy atom. The van der Waals surface area contributed by atoms with Gasteiger partial charge in [-0.25, -0.2) is 0 Å². The molecule has 0 aliphatic carbocycles. The lowest BCUT2D eigenvalue weighted by Gasteiger charge is -2.35. The van der Waals surface area contributed by atoms with Crippen molar-refractivity contribution in [1.82, 2.24) is 0 Å². The number of hydrogen-bond donors (Lipinski definition) is 0. The van der Waals surface area contributed by atoms with Gasteiger partial charge in [-0.05, 0) is 33.2 Å². The second-order valence-corrected chi connectivity index (χ2v) is 12.7. The zero-order chi connectivity index (χ0) is 18.8. The first-order valence-corrected chi connectivity index (χ1v) is 13.3. The fraction of sp³-hybridized carbons (Fsp3) is 0.0769. The third-order valence-electron chi connectivity index (χ3n) is 5.85. The van der Waals surface area contributed by atoms with E-state index in [0.29, 0.717) is 0 Å². The normalized spacial score (nSPS) is 15.0. The van der Waals surface area contributed by atoms with Crippen molar-refractivity contribution in [1.29, 1.82) is 0 Å². The van der Waals surface area contributed by atoms with Gasteiger partial charge >= 0.3 is 0 Å². The molecular formula is C26H22Si2. The maximum absolute atomic E-state index is 2.51. The maximum Gasteiger partial charge on any atom is 0.152 e. The quantitative estimate of drug-likeness (QED) is 0.462. The topological polar surface area (TPSA) is 0 Å². The molecule has 0 aromatic heterocycles. The lowest BCUT2D eigenvalue weighted by atomic mass is 10.2. The monoisotopic (exact) mass is 390 g/mol. The minimum atomic E-state index is -2.18. The Hall–Kier alpha value is -2.69. The molecule has 0 spiro atoms. The van der Waals surface area contributed by atoms with Crippen LogP contribution in [0.1, 0.15) is 11.1 Å². The van der Waals surface area contributed by atoms with Gasteiger partial charge in [-0.1, -0.05) is 120 Å². The first kappa shape index (κ1) is 17.4. The average Bonchev–Trinajstić information content (AvgIpc) is 2.77. The van der Waals surface area contributed by atoms with E-state index in [1.807, 2.05) is 0 Å². The van der Waals surface area contributed by atoms with Crippen molar-refractivity contribution in [2.45, 2.75) is 12.1 Å². The van der Waals surface area contributed by atoms with Crippen LogP contribution in [0.4, 0.5) is 0 Å². The molecule has 0 nitrogen and oxygen atoms in total. The minimum absolute atomic E-state index is 0.839. The van der Waals surface area contributed by atoms with Crippen LogP contribution in [0.2, 0.25) is 0 Å². The molecule has 0 saturated heterocycles. The summed E-state index contributed by atoms with van der Waals surface area (Å²) in [6.07, 6.45) is 0. The Bertz CT molecular complexity index is 1050. The van der Waals surface area contributed by atoms with E-state index in [1.165, 1.54) is 31.9 Å². The highest BCUT2D eigenvalue weighted by molar-refractivity contribution is 7.11. The van der Waals surface area contributed by atoms with E-state index in [0.717, 1.165) is 21.6 Å². The number of hydrogen-bond acceptors (Lipinski definition) is 0. The second-order valence-electron chi connectivity index (χ2n) is 7.57. The van der Waals surface area contributed by atoms with Crippen molar-refractivity contribution in [2.24, 2.45) is 0 Å². The summed E-state index contributed by atoms with van der Waals surface area (Å²) in [5, 5.41) is 5.99. The summed E-state index contributed by atoms with van der Waals surface area (Å²) >= 11 is 0. The summed E-state index contributed by atoms with van der Waals surface area (Å²) in [4.78, 5) is 0. The summed E-state index contributed by atoms with van der Waals surface area (Å²) in [6, 6.07) is 43.5. The van der Waals surface area contributed by atoms with Gasteiger partial charge in [0.05, 0.1) is 9.52 Å². The Kier molecular flexibility index (Phi) is 4.59. The highest BCUT2D eigenvalue weighted by Crippen LogP contribution is 2.16. The lowest BCUT2D eigenvalue weighted by Crippen LogP contribution is -2.69. The number of fused-ring (bicyclic) bond motifs is 4. The first-order valence-electron chi connectivity index (χ1n) is 9.88. The average molecular weight is 391 g/mol. The Morgan fingerprint density at radius 2 is 1.14 bits per heavy atom. The molecule has 4 aromatic carbocycles. The third kappa shape index (κ3) is 3.09. The first-order chi connectivity index (χ1) is 13.8. The molecule has 1 heterocycles. The van der Waals surface area contributed by atoms with Crippen LogP contribution in [0.5, 0.6) is 0 Å². The van der Waals surface area contributed by atoms with Crippen molar-refractivity contribution < 1.29 is 0 Å². The lowest BCUT2D eigenvalue weighted by molar-refractivity contribution is 1.33. The van der Waals surface area contributed by atoms with Crippen LogP contribution in [0.15, 0.2) is 109 Å². The van der Waals surface area contributed by atoms with Gasteiger partial charge in [-0.2, -0.15) is 0 Å². The molecule has 0 amide bonds. The van der Waals surface area contributed by atoms with Crippen molar-refractivity contribution in [2.75, 3.05) is 0 Å². The van der Waals surface area contributed by atoms with Crippen LogP contribution >= 0.6 is 0 Å². The summed E-state index contributed by atoms with van der Waals surface area (Å²) in [5.41, 5.74) is 2.93. The predicted octanol–water partition coefficient (Wildman–Crippen LogP) is 2.78. The second kappa shape index (κ2) is 7.38. The van der Waals surface area contributed by atoms with E-state index >= 15 is 0 Å². The van der Waals surface area contributed by atoms with Crippen molar-refractivity contribution in [3.05, 3.63) is 120 Å². The number of benzene rings is 4. The van der Waals surface area contributed by atoms with Crippen LogP contribution in [0.25, 0.3) is 0 Å². The smallest absolute Gasteiger partial charge is 0.0636 e. The van der Waals surface area contributed by atoms with E-state index in [2.05, 4.69) is 109 Å². The Morgan fingerprint density at radius 3 is 1.86 bits per heavy atom. The van der Waals surface area contributed by atoms with Gasteiger partial charge in [0.25, 0.3) is 0 Å². The minimum Gasteiger partial charge on any atom is -0.0636 e. The SMILES string of the molecule is c1ccc([Si]2(c3ccccc3)Cc3cccc(c3)[Si]Cc3cccc2c3)cc1. The Balaban J connectivity index is 1.85. The molecule has 28 heavy (non-hydrogen) atoms. The van der Waals surface area contributed by atoms with E-state index in [9.17, 15) is 0 Å². The van der Waals surface area contributed by atoms with Gasteiger partial charge in [0.15, 0.2) is 8.07 Å². The van der Waals surface area contributed by atoms with Crippen molar-refractivity contribution in [3.8, 4) is 0 Å². The molecule has 0 fully saturated rings. The Labute approximate surface area is 170 Å². The molecule has 0 saturated carbocycles. The van der Waals surface area contributed by atoms with Gasteiger partial charge < -0.3 is 0 Å². The van der Waals surface area contributed by atoms with Crippen LogP contribution in [-0.2, 0) is 12.1 Å². The molecule has 1 aliphatic rings. The predicted molar refractivity (Wildman–Crippen MR) is 123 cm³/mol. The largest absolute Gasteiger partial charge is 0.152 e. The van der Waals surface area contributed by atoms with E-state index in [4.69, 9.17) is 0 Å². The standard InChI is InChI=1S/C26H22Si2/c1-3-12-24(13-4-1)28(25-14-5-2-6-15-25)20-22-10-7-11-23(17-22)27-19-21-9-8-16-26(28)18-21/h1-18H,19-20H2. The molecule has 2 heteroatoms. The highest BCUT2D eigenvalue weighted by Gasteiger charge is 2.39. The molecule has 4 aromatic rings. The summed E-state index contributed by atoms with van der Waals surface area (Å²) in [6.45, 7) is 0. The highest BCUT2D eigenvalue weighted by atomic mass is 28.3. The van der Waals surface area contributed by atoms with Crippen LogP contribution in [-0.4, -0.2) is 17.6 Å². The van der Waals surface area contributed by atoms with Crippen LogP contribution < -0.4 is 20.7 Å². The van der Waals surface area contributed by atoms with Gasteiger partial charge in [-0.3, -0.25) is 0 Å². The molecule has 2 radical (unpaired) electrons. The zero-order valence-corrected chi connectivity index (χ0v) is 17.8. The van der Waals surface area contributed by atoms with Crippen LogP contribution in [0.3, 0.4) is 0 Å². The molecule has 0 unspecified atom stereocenters. The molecule has 5 rings (SSSR count). The zero-order valence-electron chi connectivity index (χ0n) is 15.8. The van der Waals surface area contributed by atoms with Gasteiger partial charge in [0.1, 0.15) is 0 Å². The van der Waals surface area contributed by atoms with Gasteiger partial charge in [0.2, 0.25) is 0 Å². The van der Waals surface area contributed by atoms with E-state index in [-0.39, 0.29) is 0 Å². The van der Waals surface area contributed by atoms with Gasteiger partial charge in [0, 0.05) is 0 Å². The fourth-order valence-electron chi connectivity index (χ4n) is 4.50. The molecule has 4 bridgehead atoms. The van der Waals surface area contributed by atoms with Crippen LogP contribution in [0, 0.1) is 0 Å². The maximum atomic E-state index is 2.51. The van der Waals surface area contributed by atoms with Crippen molar-refractivity contribution >= 4 is 38.3 Å². The molecule has 134 valence electrons. The molecular weight excluding hydrogens is 368 g/mol. The third-order valence-corrected chi connectivity index (χ3v) is 12.0. The van der Waals surface area contributed by atoms with Gasteiger partial charge in [-0.15, -0.1) is 0 Å². The van der Waals surface area contributed by atoms with E-state index in [1.54, 1.807) is 0 Å². The van der Waals surface area contributed by atoms with E-state index < -0.39 is 8.07 Å². The summed E-state index contributed by atoms with van der Waals surface area (Å²) in [5.74, 6) is 0. The molecule has 0 N–H and O–H groups in total. The number of rotatable bonds is 2. The molecule has 0 atom stereocenters. The summed E-state index contributed by atoms with van der Waals surface area (Å²) < 4.78 is 0. The molecule has 1 aliphatic heterocycles. The summed E-state index contributed by atoms with van der Waals surface area (Å²) in [7, 11) is -1.34. The van der Waals surface area contributed by atoms with Crippen molar-refractivity contribution in [3.63, 3.8) is 0 Å². The fourth-order valence-corrected chi connectivity index (χ4v) is 10.4.